The molecule has 20 heavy (non-hydrogen) atoms. The van der Waals surface area contributed by atoms with Crippen molar-refractivity contribution in [2.24, 2.45) is 0 Å². The molecule has 1 amide bonds. The van der Waals surface area contributed by atoms with Crippen LogP contribution in [0.4, 0.5) is 5.69 Å². The molecule has 0 aromatic heterocycles. The molecular weight excluding hydrogens is 274 g/mol. The average Bonchev–Trinajstić information content (AvgIpc) is 2.37. The molecule has 1 rings (SSSR count). The Morgan fingerprint density at radius 1 is 1.30 bits per heavy atom. The highest BCUT2D eigenvalue weighted by molar-refractivity contribution is 8.00. The quantitative estimate of drug-likeness (QED) is 0.716. The smallest absolute Gasteiger partial charge is 0.304 e. The number of rotatable bonds is 8. The van der Waals surface area contributed by atoms with Crippen LogP contribution >= 0.6 is 11.8 Å². The second kappa shape index (κ2) is 8.64. The summed E-state index contributed by atoms with van der Waals surface area (Å²) >= 11 is 1.59. The maximum absolute atomic E-state index is 10.9. The van der Waals surface area contributed by atoms with E-state index in [9.17, 15) is 9.59 Å². The second-order valence-corrected chi connectivity index (χ2v) is 6.06. The SMILES string of the molecule is CCCCC(CC(=O)O)Sc1ccc(NC(C)=O)cc1. The lowest BCUT2D eigenvalue weighted by Gasteiger charge is -2.14. The zero-order valence-corrected chi connectivity index (χ0v) is 12.7. The molecule has 0 bridgehead atoms. The summed E-state index contributed by atoms with van der Waals surface area (Å²) < 4.78 is 0. The zero-order valence-electron chi connectivity index (χ0n) is 11.9. The Labute approximate surface area is 124 Å². The molecule has 0 aliphatic rings. The maximum atomic E-state index is 10.9. The number of thioether (sulfide) groups is 1. The topological polar surface area (TPSA) is 66.4 Å². The molecule has 0 spiro atoms. The van der Waals surface area contributed by atoms with Crippen molar-refractivity contribution >= 4 is 29.3 Å². The number of hydrogen-bond acceptors (Lipinski definition) is 3. The van der Waals surface area contributed by atoms with E-state index in [0.717, 1.165) is 29.8 Å². The van der Waals surface area contributed by atoms with E-state index >= 15 is 0 Å². The number of carbonyl (C=O) groups is 2. The summed E-state index contributed by atoms with van der Waals surface area (Å²) in [7, 11) is 0. The highest BCUT2D eigenvalue weighted by Gasteiger charge is 2.14. The third kappa shape index (κ3) is 6.61. The van der Waals surface area contributed by atoms with Gasteiger partial charge in [0.05, 0.1) is 6.42 Å². The molecule has 0 saturated heterocycles. The van der Waals surface area contributed by atoms with Crippen molar-refractivity contribution in [1.82, 2.24) is 0 Å². The van der Waals surface area contributed by atoms with Gasteiger partial charge in [-0.3, -0.25) is 9.59 Å². The van der Waals surface area contributed by atoms with E-state index < -0.39 is 5.97 Å². The minimum Gasteiger partial charge on any atom is -0.481 e. The van der Waals surface area contributed by atoms with Crippen molar-refractivity contribution in [2.45, 2.75) is 49.7 Å². The highest BCUT2D eigenvalue weighted by atomic mass is 32.2. The van der Waals surface area contributed by atoms with E-state index in [1.807, 2.05) is 24.3 Å². The fourth-order valence-electron chi connectivity index (χ4n) is 1.84. The predicted molar refractivity (Wildman–Crippen MR) is 82.2 cm³/mol. The predicted octanol–water partition coefficient (Wildman–Crippen LogP) is 3.77. The number of aliphatic carboxylic acids is 1. The van der Waals surface area contributed by atoms with Crippen molar-refractivity contribution < 1.29 is 14.7 Å². The molecule has 0 aliphatic carbocycles. The lowest BCUT2D eigenvalue weighted by molar-refractivity contribution is -0.137. The van der Waals surface area contributed by atoms with Gasteiger partial charge in [-0.1, -0.05) is 19.8 Å². The fourth-order valence-corrected chi connectivity index (χ4v) is 3.03. The monoisotopic (exact) mass is 295 g/mol. The number of unbranched alkanes of at least 4 members (excludes halogenated alkanes) is 1. The minimum absolute atomic E-state index is 0.0964. The molecule has 4 nitrogen and oxygen atoms in total. The van der Waals surface area contributed by atoms with Crippen LogP contribution in [0.15, 0.2) is 29.2 Å². The summed E-state index contributed by atoms with van der Waals surface area (Å²) in [4.78, 5) is 22.8. The fraction of sp³-hybridized carbons (Fsp3) is 0.467. The zero-order chi connectivity index (χ0) is 15.0. The lowest BCUT2D eigenvalue weighted by Crippen LogP contribution is -2.10. The van der Waals surface area contributed by atoms with Crippen LogP contribution in [0.5, 0.6) is 0 Å². The van der Waals surface area contributed by atoms with Crippen LogP contribution < -0.4 is 5.32 Å². The van der Waals surface area contributed by atoms with Crippen molar-refractivity contribution in [1.29, 1.82) is 0 Å². The van der Waals surface area contributed by atoms with Gasteiger partial charge in [0.2, 0.25) is 5.91 Å². The molecule has 5 heteroatoms. The summed E-state index contributed by atoms with van der Waals surface area (Å²) in [6, 6.07) is 7.50. The van der Waals surface area contributed by atoms with Crippen LogP contribution in [-0.4, -0.2) is 22.2 Å². The first kappa shape index (κ1) is 16.6. The van der Waals surface area contributed by atoms with Gasteiger partial charge in [0.15, 0.2) is 0 Å². The minimum atomic E-state index is -0.756. The van der Waals surface area contributed by atoms with Crippen LogP contribution in [0.3, 0.4) is 0 Å². The van der Waals surface area contributed by atoms with Crippen LogP contribution in [0, 0.1) is 0 Å². The third-order valence-electron chi connectivity index (χ3n) is 2.76. The summed E-state index contributed by atoms with van der Waals surface area (Å²) in [6.07, 6.45) is 3.19. The van der Waals surface area contributed by atoms with Gasteiger partial charge in [-0.05, 0) is 30.7 Å². The van der Waals surface area contributed by atoms with E-state index in [1.165, 1.54) is 6.92 Å². The van der Waals surface area contributed by atoms with Gasteiger partial charge in [0.25, 0.3) is 0 Å². The summed E-state index contributed by atoms with van der Waals surface area (Å²) in [6.45, 7) is 3.57. The van der Waals surface area contributed by atoms with Crippen molar-refractivity contribution in [3.8, 4) is 0 Å². The molecule has 1 unspecified atom stereocenters. The second-order valence-electron chi connectivity index (χ2n) is 4.69. The van der Waals surface area contributed by atoms with E-state index in [4.69, 9.17) is 5.11 Å². The largest absolute Gasteiger partial charge is 0.481 e. The molecule has 0 aliphatic heterocycles. The van der Waals surface area contributed by atoms with E-state index in [1.54, 1.807) is 11.8 Å². The normalized spacial score (nSPS) is 11.9. The highest BCUT2D eigenvalue weighted by Crippen LogP contribution is 2.29. The number of amides is 1. The first-order chi connectivity index (χ1) is 9.51. The molecule has 0 saturated carbocycles. The first-order valence-corrected chi connectivity index (χ1v) is 7.65. The molecular formula is C15H21NO3S. The van der Waals surface area contributed by atoms with Crippen LogP contribution in [0.1, 0.15) is 39.5 Å². The van der Waals surface area contributed by atoms with Gasteiger partial charge < -0.3 is 10.4 Å². The maximum Gasteiger partial charge on any atom is 0.304 e. The molecule has 1 aromatic carbocycles. The van der Waals surface area contributed by atoms with Crippen LogP contribution in [0.25, 0.3) is 0 Å². The van der Waals surface area contributed by atoms with Crippen molar-refractivity contribution in [3.63, 3.8) is 0 Å². The van der Waals surface area contributed by atoms with Crippen LogP contribution in [0.2, 0.25) is 0 Å². The Hall–Kier alpha value is -1.49. The summed E-state index contributed by atoms with van der Waals surface area (Å²) in [5.74, 6) is -0.856. The molecule has 2 N–H and O–H groups in total. The van der Waals surface area contributed by atoms with E-state index in [0.29, 0.717) is 0 Å². The van der Waals surface area contributed by atoms with E-state index in [2.05, 4.69) is 12.2 Å². The summed E-state index contributed by atoms with van der Waals surface area (Å²) in [5.41, 5.74) is 0.755. The molecule has 1 aromatic rings. The molecule has 0 radical (unpaired) electrons. The van der Waals surface area contributed by atoms with Crippen molar-refractivity contribution in [2.75, 3.05) is 5.32 Å². The van der Waals surface area contributed by atoms with Crippen LogP contribution in [-0.2, 0) is 9.59 Å². The van der Waals surface area contributed by atoms with E-state index in [-0.39, 0.29) is 17.6 Å². The number of benzene rings is 1. The Balaban J connectivity index is 2.62. The van der Waals surface area contributed by atoms with Crippen molar-refractivity contribution in [3.05, 3.63) is 24.3 Å². The van der Waals surface area contributed by atoms with Gasteiger partial charge in [0, 0.05) is 22.8 Å². The van der Waals surface area contributed by atoms with Gasteiger partial charge in [0.1, 0.15) is 0 Å². The van der Waals surface area contributed by atoms with Gasteiger partial charge in [-0.15, -0.1) is 11.8 Å². The Morgan fingerprint density at radius 3 is 2.45 bits per heavy atom. The lowest BCUT2D eigenvalue weighted by atomic mass is 10.1. The number of anilines is 1. The van der Waals surface area contributed by atoms with Gasteiger partial charge in [-0.2, -0.15) is 0 Å². The number of hydrogen-bond donors (Lipinski definition) is 2. The van der Waals surface area contributed by atoms with Gasteiger partial charge in [-0.25, -0.2) is 0 Å². The number of carboxylic acids is 1. The average molecular weight is 295 g/mol. The summed E-state index contributed by atoms with van der Waals surface area (Å²) in [5, 5.41) is 11.7. The number of carbonyl (C=O) groups excluding carboxylic acids is 1. The molecule has 0 fully saturated rings. The molecule has 1 atom stereocenters. The molecule has 0 heterocycles. The Morgan fingerprint density at radius 2 is 1.95 bits per heavy atom. The van der Waals surface area contributed by atoms with Gasteiger partial charge >= 0.3 is 5.97 Å². The number of nitrogens with one attached hydrogen (secondary N) is 1. The Kier molecular flexibility index (Phi) is 7.15. The Bertz CT molecular complexity index is 445. The number of carboxylic acid groups (broad SMARTS) is 1. The standard InChI is InChI=1S/C15H21NO3S/c1-3-4-5-14(10-15(18)19)20-13-8-6-12(7-9-13)16-11(2)17/h6-9,14H,3-5,10H2,1-2H3,(H,16,17)(H,18,19). The molecule has 110 valence electrons. The first-order valence-electron chi connectivity index (χ1n) is 6.77. The third-order valence-corrected chi connectivity index (χ3v) is 4.04.